The second-order valence-corrected chi connectivity index (χ2v) is 17.7. The van der Waals surface area contributed by atoms with Crippen LogP contribution in [0.15, 0.2) is 164 Å². The smallest absolute Gasteiger partial charge is 0.656 e. The summed E-state index contributed by atoms with van der Waals surface area (Å²) in [6.07, 6.45) is 1.88. The van der Waals surface area contributed by atoms with Crippen LogP contribution < -0.4 is 4.98 Å². The second kappa shape index (κ2) is 16.0. The molecule has 8 aromatic carbocycles. The van der Waals surface area contributed by atoms with Crippen molar-refractivity contribution in [3.63, 3.8) is 0 Å². The first kappa shape index (κ1) is 41.4. The third-order valence-electron chi connectivity index (χ3n) is 13.3. The quantitative estimate of drug-likeness (QED) is 0.156. The summed E-state index contributed by atoms with van der Waals surface area (Å²) >= 11 is 0. The van der Waals surface area contributed by atoms with Crippen molar-refractivity contribution in [2.45, 2.75) is 41.5 Å². The molecule has 66 heavy (non-hydrogen) atoms. The standard InChI is InChI=1S/C60H45N5.Pt/c1-35-28-37(3)55(38(4)29-35)42-32-49(56-39(5)30-36(2)31-40(56)6)57-47-26-25-41(33-52(47)65(53(57)34-42)54-24-12-13-27-61-54)44-19-15-23-51-59(44)63-60(64(51)43-16-8-7-9-17-43)48-21-14-20-46-45-18-10-11-22-50(45)62-58(46)48;/h7-32,34H,1-6H3;/q-2;+2. The van der Waals surface area contributed by atoms with Crippen LogP contribution in [0.4, 0.5) is 0 Å². The third kappa shape index (κ3) is 6.48. The summed E-state index contributed by atoms with van der Waals surface area (Å²) in [5.41, 5.74) is 22.4. The Balaban J connectivity index is 0.00000481. The Hall–Kier alpha value is -7.33. The minimum atomic E-state index is 0. The van der Waals surface area contributed by atoms with Crippen LogP contribution in [0, 0.1) is 47.6 Å². The van der Waals surface area contributed by atoms with Crippen molar-refractivity contribution < 1.29 is 21.1 Å². The fourth-order valence-corrected chi connectivity index (χ4v) is 10.8. The molecule has 0 atom stereocenters. The summed E-state index contributed by atoms with van der Waals surface area (Å²) in [6.45, 7) is 13.3. The molecular weight excluding hydrogens is 986 g/mol. The molecule has 0 N–H and O–H groups in total. The molecule has 0 saturated heterocycles. The van der Waals surface area contributed by atoms with E-state index in [-0.39, 0.29) is 21.1 Å². The Morgan fingerprint density at radius 1 is 0.515 bits per heavy atom. The largest absolute Gasteiger partial charge is 2.00 e. The SMILES string of the molecule is Cc1cc(C)c(-c2cc(-c3c(C)cc(C)cc3C)c3c4ccc(-c5cccc6c5nc(-c5cccc7c5[n-]c5ccccc57)n6-c5ccccc5)[c-]c4n(-c4ccccn4)c3c2)c(C)c1.[Pt+2]. The van der Waals surface area contributed by atoms with Crippen LogP contribution in [0.3, 0.4) is 0 Å². The van der Waals surface area contributed by atoms with E-state index in [4.69, 9.17) is 15.0 Å². The number of aryl methyl sites for hydroxylation is 6. The Morgan fingerprint density at radius 2 is 1.18 bits per heavy atom. The van der Waals surface area contributed by atoms with Gasteiger partial charge in [0.15, 0.2) is 0 Å². The monoisotopic (exact) mass is 1030 g/mol. The maximum atomic E-state index is 5.59. The molecule has 320 valence electrons. The van der Waals surface area contributed by atoms with E-state index in [0.717, 1.165) is 83.3 Å². The average molecular weight is 1030 g/mol. The molecule has 0 unspecified atom stereocenters. The van der Waals surface area contributed by atoms with E-state index in [1.165, 1.54) is 61.0 Å². The molecule has 0 fully saturated rings. The number of rotatable bonds is 6. The molecular formula is C60H45N5Pt. The van der Waals surface area contributed by atoms with Gasteiger partial charge in [-0.25, -0.2) is 9.97 Å². The molecule has 0 aliphatic rings. The first-order valence-corrected chi connectivity index (χ1v) is 22.4. The van der Waals surface area contributed by atoms with Gasteiger partial charge >= 0.3 is 21.1 Å². The van der Waals surface area contributed by atoms with Crippen LogP contribution in [0.1, 0.15) is 33.4 Å². The molecule has 4 heterocycles. The number of para-hydroxylation sites is 4. The number of aromatic nitrogens is 5. The molecule has 0 aliphatic heterocycles. The van der Waals surface area contributed by atoms with Crippen molar-refractivity contribution in [1.82, 2.24) is 24.1 Å². The molecule has 0 aliphatic carbocycles. The Kier molecular flexibility index (Phi) is 10.0. The first-order chi connectivity index (χ1) is 31.7. The minimum Gasteiger partial charge on any atom is -0.656 e. The fraction of sp³-hybridized carbons (Fsp3) is 0.100. The van der Waals surface area contributed by atoms with Gasteiger partial charge in [0.25, 0.3) is 0 Å². The summed E-state index contributed by atoms with van der Waals surface area (Å²) < 4.78 is 4.60. The predicted molar refractivity (Wildman–Crippen MR) is 271 cm³/mol. The summed E-state index contributed by atoms with van der Waals surface area (Å²) in [4.78, 5) is 15.8. The van der Waals surface area contributed by atoms with Crippen LogP contribution >= 0.6 is 0 Å². The molecule has 0 bridgehead atoms. The molecule has 0 saturated carbocycles. The van der Waals surface area contributed by atoms with Crippen molar-refractivity contribution in [3.05, 3.63) is 203 Å². The summed E-state index contributed by atoms with van der Waals surface area (Å²) in [5, 5.41) is 4.57. The molecule has 6 heteroatoms. The summed E-state index contributed by atoms with van der Waals surface area (Å²) in [6, 6.07) is 60.6. The van der Waals surface area contributed by atoms with Crippen molar-refractivity contribution in [1.29, 1.82) is 0 Å². The Labute approximate surface area is 398 Å². The molecule has 0 radical (unpaired) electrons. The van der Waals surface area contributed by atoms with Crippen molar-refractivity contribution in [2.24, 2.45) is 0 Å². The van der Waals surface area contributed by atoms with E-state index in [2.05, 4.69) is 208 Å². The summed E-state index contributed by atoms with van der Waals surface area (Å²) in [7, 11) is 0. The van der Waals surface area contributed by atoms with E-state index >= 15 is 0 Å². The number of hydrogen-bond donors (Lipinski definition) is 0. The maximum absolute atomic E-state index is 5.59. The van der Waals surface area contributed by atoms with E-state index in [9.17, 15) is 0 Å². The molecule has 0 amide bonds. The molecule has 0 spiro atoms. The van der Waals surface area contributed by atoms with Gasteiger partial charge in [-0.05, 0) is 150 Å². The van der Waals surface area contributed by atoms with Crippen LogP contribution in [-0.4, -0.2) is 19.1 Å². The minimum absolute atomic E-state index is 0. The van der Waals surface area contributed by atoms with Gasteiger partial charge in [-0.3, -0.25) is 4.57 Å². The number of hydrogen-bond acceptors (Lipinski definition) is 2. The van der Waals surface area contributed by atoms with Gasteiger partial charge in [0.1, 0.15) is 11.6 Å². The Bertz CT molecular complexity index is 3840. The molecule has 5 nitrogen and oxygen atoms in total. The molecule has 12 aromatic rings. The maximum Gasteiger partial charge on any atom is 2.00 e. The average Bonchev–Trinajstić information content (AvgIpc) is 3.98. The van der Waals surface area contributed by atoms with E-state index in [1.807, 2.05) is 12.3 Å². The van der Waals surface area contributed by atoms with E-state index in [1.54, 1.807) is 0 Å². The normalized spacial score (nSPS) is 11.7. The van der Waals surface area contributed by atoms with Crippen molar-refractivity contribution in [2.75, 3.05) is 0 Å². The third-order valence-corrected chi connectivity index (χ3v) is 13.3. The Morgan fingerprint density at radius 3 is 1.92 bits per heavy atom. The van der Waals surface area contributed by atoms with Crippen LogP contribution in [0.5, 0.6) is 0 Å². The van der Waals surface area contributed by atoms with Gasteiger partial charge in [-0.1, -0.05) is 125 Å². The zero-order valence-corrected chi connectivity index (χ0v) is 39.9. The summed E-state index contributed by atoms with van der Waals surface area (Å²) in [5.74, 6) is 1.69. The van der Waals surface area contributed by atoms with E-state index < -0.39 is 0 Å². The first-order valence-electron chi connectivity index (χ1n) is 22.4. The number of nitrogens with zero attached hydrogens (tertiary/aromatic N) is 5. The number of benzene rings is 8. The number of fused-ring (bicyclic) bond motifs is 7. The van der Waals surface area contributed by atoms with E-state index in [0.29, 0.717) is 0 Å². The molecule has 12 rings (SSSR count). The van der Waals surface area contributed by atoms with Gasteiger partial charge in [0.2, 0.25) is 0 Å². The second-order valence-electron chi connectivity index (χ2n) is 17.7. The fourth-order valence-electron chi connectivity index (χ4n) is 10.8. The number of imidazole rings is 1. The van der Waals surface area contributed by atoms with Gasteiger partial charge in [0, 0.05) is 23.0 Å². The topological polar surface area (TPSA) is 49.7 Å². The van der Waals surface area contributed by atoms with Gasteiger partial charge in [-0.2, -0.15) is 0 Å². The molecule has 4 aromatic heterocycles. The van der Waals surface area contributed by atoms with Crippen molar-refractivity contribution >= 4 is 54.6 Å². The van der Waals surface area contributed by atoms with Gasteiger partial charge in [0.05, 0.1) is 11.0 Å². The van der Waals surface area contributed by atoms with Gasteiger partial charge in [-0.15, -0.1) is 34.8 Å². The van der Waals surface area contributed by atoms with Crippen LogP contribution in [0.2, 0.25) is 0 Å². The zero-order valence-electron chi connectivity index (χ0n) is 37.6. The van der Waals surface area contributed by atoms with Crippen LogP contribution in [0.25, 0.3) is 111 Å². The van der Waals surface area contributed by atoms with Gasteiger partial charge < -0.3 is 9.55 Å². The predicted octanol–water partition coefficient (Wildman–Crippen LogP) is 15.1. The van der Waals surface area contributed by atoms with Crippen molar-refractivity contribution in [3.8, 4) is 56.3 Å². The zero-order chi connectivity index (χ0) is 44.1. The van der Waals surface area contributed by atoms with Crippen LogP contribution in [-0.2, 0) is 21.1 Å². The number of pyridine rings is 1.